The number of hydrogen-bond donors (Lipinski definition) is 1. The Morgan fingerprint density at radius 3 is 2.43 bits per heavy atom. The second-order valence-corrected chi connectivity index (χ2v) is 12.4. The zero-order chi connectivity index (χ0) is 28.5. The van der Waals surface area contributed by atoms with Crippen LogP contribution in [0.15, 0.2) is 42.6 Å². The highest BCUT2D eigenvalue weighted by molar-refractivity contribution is 5.99. The zero-order valence-corrected chi connectivity index (χ0v) is 23.3. The minimum absolute atomic E-state index is 0.0130. The molecule has 1 amide bonds. The lowest BCUT2D eigenvalue weighted by Crippen LogP contribution is -2.65. The number of fused-ring (bicyclic) bond motifs is 3. The number of piperidine rings is 1. The first-order valence-corrected chi connectivity index (χ1v) is 14.9. The van der Waals surface area contributed by atoms with Gasteiger partial charge in [-0.15, -0.1) is 0 Å². The molecule has 2 aromatic heterocycles. The van der Waals surface area contributed by atoms with Crippen molar-refractivity contribution in [3.63, 3.8) is 0 Å². The molecule has 1 spiro atoms. The molecule has 4 aromatic rings. The number of nitrogens with zero attached hydrogens (tertiary/aromatic N) is 5. The smallest absolute Gasteiger partial charge is 0.319 e. The Balaban J connectivity index is 1.21. The van der Waals surface area contributed by atoms with Gasteiger partial charge in [0.15, 0.2) is 5.82 Å². The van der Waals surface area contributed by atoms with Crippen LogP contribution in [0.3, 0.4) is 0 Å². The third-order valence-electron chi connectivity index (χ3n) is 9.96. The van der Waals surface area contributed by atoms with Crippen molar-refractivity contribution in [2.45, 2.75) is 56.0 Å². The van der Waals surface area contributed by atoms with Crippen LogP contribution < -0.4 is 15.0 Å². The van der Waals surface area contributed by atoms with Crippen LogP contribution >= 0.6 is 0 Å². The number of carbonyl (C=O) groups excluding carboxylic acids is 1. The number of anilines is 1. The maximum Gasteiger partial charge on any atom is 0.319 e. The Kier molecular flexibility index (Phi) is 5.86. The maximum atomic E-state index is 16.5. The second kappa shape index (κ2) is 9.55. The van der Waals surface area contributed by atoms with E-state index in [2.05, 4.69) is 25.1 Å². The number of ether oxygens (including phenoxy) is 1. The van der Waals surface area contributed by atoms with Crippen LogP contribution in [-0.4, -0.2) is 69.6 Å². The zero-order valence-electron chi connectivity index (χ0n) is 23.3. The number of β-lactam (4-membered cyclic amide) rings is 1. The normalized spacial score (nSPS) is 21.1. The summed E-state index contributed by atoms with van der Waals surface area (Å²) in [6, 6.07) is 10.2. The fraction of sp³-hybridized carbons (Fsp3) is 0.438. The van der Waals surface area contributed by atoms with Crippen LogP contribution in [0.4, 0.5) is 14.6 Å². The summed E-state index contributed by atoms with van der Waals surface area (Å²) < 4.78 is 37.8. The van der Waals surface area contributed by atoms with E-state index in [0.29, 0.717) is 53.7 Å². The van der Waals surface area contributed by atoms with E-state index in [1.807, 2.05) is 0 Å². The van der Waals surface area contributed by atoms with Crippen LogP contribution in [-0.2, 0) is 4.79 Å². The first-order chi connectivity index (χ1) is 20.4. The van der Waals surface area contributed by atoms with Crippen LogP contribution in [0.1, 0.15) is 44.9 Å². The fourth-order valence-electron chi connectivity index (χ4n) is 7.70. The Hall–Kier alpha value is -3.92. The van der Waals surface area contributed by atoms with Gasteiger partial charge in [-0.2, -0.15) is 9.97 Å². The summed E-state index contributed by atoms with van der Waals surface area (Å²) in [5.74, 6) is -0.399. The summed E-state index contributed by atoms with van der Waals surface area (Å²) in [5.41, 5.74) is 0.358. The summed E-state index contributed by atoms with van der Waals surface area (Å²) >= 11 is 0. The predicted octanol–water partition coefficient (Wildman–Crippen LogP) is 4.99. The molecule has 1 N–H and O–H groups in total. The molecule has 4 aliphatic rings. The van der Waals surface area contributed by atoms with Gasteiger partial charge >= 0.3 is 6.01 Å². The van der Waals surface area contributed by atoms with E-state index in [9.17, 15) is 9.18 Å². The van der Waals surface area contributed by atoms with E-state index in [-0.39, 0.29) is 34.2 Å². The van der Waals surface area contributed by atoms with Crippen molar-refractivity contribution in [3.05, 3.63) is 54.2 Å². The van der Waals surface area contributed by atoms with E-state index in [4.69, 9.17) is 9.72 Å². The SMILES string of the molecule is O=C1CC2(CCN(c3nc(OCC45CCCN4CCC5)nc4c(F)c(-c5cccc6cccc(F)c56)ncc34)CC2)N1. The molecular formula is C32H32F2N6O2. The van der Waals surface area contributed by atoms with Crippen molar-refractivity contribution in [1.82, 2.24) is 25.2 Å². The van der Waals surface area contributed by atoms with Gasteiger partial charge in [0, 0.05) is 36.7 Å². The van der Waals surface area contributed by atoms with E-state index in [1.165, 1.54) is 6.07 Å². The molecule has 0 bridgehead atoms. The molecule has 6 heterocycles. The van der Waals surface area contributed by atoms with Crippen LogP contribution in [0, 0.1) is 11.6 Å². The largest absolute Gasteiger partial charge is 0.461 e. The summed E-state index contributed by atoms with van der Waals surface area (Å²) in [4.78, 5) is 30.2. The lowest BCUT2D eigenvalue weighted by atomic mass is 9.78. The molecule has 0 unspecified atom stereocenters. The number of halogens is 2. The van der Waals surface area contributed by atoms with Crippen molar-refractivity contribution in [2.75, 3.05) is 37.7 Å². The van der Waals surface area contributed by atoms with Gasteiger partial charge in [0.25, 0.3) is 0 Å². The highest BCUT2D eigenvalue weighted by Crippen LogP contribution is 2.41. The summed E-state index contributed by atoms with van der Waals surface area (Å²) in [5, 5.41) is 4.55. The number of benzene rings is 2. The molecule has 4 fully saturated rings. The van der Waals surface area contributed by atoms with Crippen LogP contribution in [0.5, 0.6) is 6.01 Å². The van der Waals surface area contributed by atoms with E-state index in [0.717, 1.165) is 51.6 Å². The summed E-state index contributed by atoms with van der Waals surface area (Å²) in [7, 11) is 0. The minimum Gasteiger partial charge on any atom is -0.461 e. The number of pyridine rings is 1. The molecule has 0 saturated carbocycles. The maximum absolute atomic E-state index is 16.5. The highest BCUT2D eigenvalue weighted by atomic mass is 19.1. The van der Waals surface area contributed by atoms with Gasteiger partial charge in [-0.05, 0) is 63.1 Å². The molecular weight excluding hydrogens is 538 g/mol. The van der Waals surface area contributed by atoms with E-state index in [1.54, 1.807) is 36.5 Å². The average Bonchev–Trinajstić information content (AvgIpc) is 3.57. The van der Waals surface area contributed by atoms with Crippen molar-refractivity contribution < 1.29 is 18.3 Å². The molecule has 8 nitrogen and oxygen atoms in total. The summed E-state index contributed by atoms with van der Waals surface area (Å²) in [6.45, 7) is 3.92. The Labute approximate surface area is 242 Å². The van der Waals surface area contributed by atoms with Crippen LogP contribution in [0.25, 0.3) is 32.9 Å². The van der Waals surface area contributed by atoms with Crippen molar-refractivity contribution in [2.24, 2.45) is 0 Å². The van der Waals surface area contributed by atoms with Gasteiger partial charge in [-0.3, -0.25) is 14.7 Å². The van der Waals surface area contributed by atoms with Crippen molar-refractivity contribution >= 4 is 33.4 Å². The lowest BCUT2D eigenvalue weighted by Gasteiger charge is -2.48. The second-order valence-electron chi connectivity index (χ2n) is 12.4. The van der Waals surface area contributed by atoms with E-state index < -0.39 is 11.6 Å². The third-order valence-corrected chi connectivity index (χ3v) is 9.96. The molecule has 2 aromatic carbocycles. The number of hydrogen-bond acceptors (Lipinski definition) is 7. The minimum atomic E-state index is -0.627. The van der Waals surface area contributed by atoms with Gasteiger partial charge in [0.2, 0.25) is 5.91 Å². The standard InChI is InChI=1S/C32H32F2N6O2/c33-23-8-2-6-20-5-1-7-21(25(20)23)27-26(34)28-22(18-35-27)29(39-15-11-31(12-16-39)17-24(41)38-31)37-30(36-28)42-19-32-9-3-13-40(32)14-4-10-32/h1-2,5-8,18H,3-4,9-17,19H2,(H,38,41). The molecule has 4 aliphatic heterocycles. The monoisotopic (exact) mass is 570 g/mol. The van der Waals surface area contributed by atoms with Gasteiger partial charge in [0.05, 0.1) is 16.5 Å². The highest BCUT2D eigenvalue weighted by Gasteiger charge is 2.46. The molecule has 0 radical (unpaired) electrons. The molecule has 42 heavy (non-hydrogen) atoms. The molecule has 0 aliphatic carbocycles. The summed E-state index contributed by atoms with van der Waals surface area (Å²) in [6.07, 6.45) is 8.12. The number of carbonyl (C=O) groups is 1. The first kappa shape index (κ1) is 25.8. The van der Waals surface area contributed by atoms with Gasteiger partial charge in [0.1, 0.15) is 29.5 Å². The van der Waals surface area contributed by atoms with Gasteiger partial charge in [-0.1, -0.05) is 30.3 Å². The number of amides is 1. The Morgan fingerprint density at radius 2 is 1.69 bits per heavy atom. The number of aromatic nitrogens is 3. The molecule has 10 heteroatoms. The topological polar surface area (TPSA) is 83.5 Å². The first-order valence-electron chi connectivity index (χ1n) is 14.9. The number of nitrogens with one attached hydrogen (secondary N) is 1. The van der Waals surface area contributed by atoms with Gasteiger partial charge < -0.3 is 15.0 Å². The number of rotatable bonds is 5. The van der Waals surface area contributed by atoms with E-state index >= 15 is 4.39 Å². The quantitative estimate of drug-likeness (QED) is 0.339. The lowest BCUT2D eigenvalue weighted by molar-refractivity contribution is -0.133. The van der Waals surface area contributed by atoms with Gasteiger partial charge in [-0.25, -0.2) is 8.78 Å². The molecule has 216 valence electrons. The Bertz CT molecular complexity index is 1710. The average molecular weight is 571 g/mol. The molecule has 0 atom stereocenters. The van der Waals surface area contributed by atoms with Crippen molar-refractivity contribution in [3.8, 4) is 17.3 Å². The third kappa shape index (κ3) is 4.02. The molecule has 4 saturated heterocycles. The Morgan fingerprint density at radius 1 is 0.952 bits per heavy atom. The fourth-order valence-corrected chi connectivity index (χ4v) is 7.70. The predicted molar refractivity (Wildman–Crippen MR) is 155 cm³/mol. The molecule has 8 rings (SSSR count). The van der Waals surface area contributed by atoms with Crippen LogP contribution in [0.2, 0.25) is 0 Å². The van der Waals surface area contributed by atoms with Crippen molar-refractivity contribution in [1.29, 1.82) is 0 Å².